The Balaban J connectivity index is 2.01. The molecule has 106 valence electrons. The fourth-order valence-electron chi connectivity index (χ4n) is 2.22. The zero-order chi connectivity index (χ0) is 14.4. The summed E-state index contributed by atoms with van der Waals surface area (Å²) in [6.07, 6.45) is 0.974. The number of methoxy groups -OCH3 is 1. The lowest BCUT2D eigenvalue weighted by Crippen LogP contribution is -2.20. The highest BCUT2D eigenvalue weighted by Crippen LogP contribution is 2.20. The van der Waals surface area contributed by atoms with E-state index in [-0.39, 0.29) is 11.9 Å². The normalized spacial score (nSPS) is 12.2. The van der Waals surface area contributed by atoms with Gasteiger partial charge in [0.15, 0.2) is 0 Å². The van der Waals surface area contributed by atoms with Gasteiger partial charge in [0.25, 0.3) is 0 Å². The fraction of sp³-hybridized carbons (Fsp3) is 0.294. The SMILES string of the molecule is CCC(NCc1cccc(F)c1)c1ccc(OC)cc1. The van der Waals surface area contributed by atoms with Crippen LogP contribution in [0.1, 0.15) is 30.5 Å². The molecule has 2 nitrogen and oxygen atoms in total. The minimum Gasteiger partial charge on any atom is -0.497 e. The predicted octanol–water partition coefficient (Wildman–Crippen LogP) is 4.08. The van der Waals surface area contributed by atoms with Crippen LogP contribution >= 0.6 is 0 Å². The molecular weight excluding hydrogens is 253 g/mol. The Hall–Kier alpha value is -1.87. The molecule has 3 heteroatoms. The molecule has 2 aromatic rings. The van der Waals surface area contributed by atoms with Gasteiger partial charge in [-0.05, 0) is 41.8 Å². The third kappa shape index (κ3) is 3.81. The smallest absolute Gasteiger partial charge is 0.123 e. The van der Waals surface area contributed by atoms with Crippen LogP contribution in [0.5, 0.6) is 5.75 Å². The lowest BCUT2D eigenvalue weighted by Gasteiger charge is -2.18. The van der Waals surface area contributed by atoms with E-state index in [0.717, 1.165) is 17.7 Å². The maximum absolute atomic E-state index is 13.1. The fourth-order valence-corrected chi connectivity index (χ4v) is 2.22. The number of nitrogens with one attached hydrogen (secondary N) is 1. The minimum atomic E-state index is -0.193. The Kier molecular flexibility index (Phi) is 5.13. The van der Waals surface area contributed by atoms with Gasteiger partial charge in [0.2, 0.25) is 0 Å². The van der Waals surface area contributed by atoms with Crippen LogP contribution in [-0.4, -0.2) is 7.11 Å². The second kappa shape index (κ2) is 7.06. The van der Waals surface area contributed by atoms with Crippen molar-refractivity contribution >= 4 is 0 Å². The quantitative estimate of drug-likeness (QED) is 0.856. The summed E-state index contributed by atoms with van der Waals surface area (Å²) in [6.45, 7) is 2.79. The summed E-state index contributed by atoms with van der Waals surface area (Å²) >= 11 is 0. The summed E-state index contributed by atoms with van der Waals surface area (Å²) in [4.78, 5) is 0. The Bertz CT molecular complexity index is 539. The van der Waals surface area contributed by atoms with E-state index < -0.39 is 0 Å². The molecule has 0 heterocycles. The summed E-state index contributed by atoms with van der Waals surface area (Å²) in [5.41, 5.74) is 2.17. The largest absolute Gasteiger partial charge is 0.497 e. The second-order valence-corrected chi connectivity index (χ2v) is 4.74. The Morgan fingerprint density at radius 2 is 1.90 bits per heavy atom. The second-order valence-electron chi connectivity index (χ2n) is 4.74. The van der Waals surface area contributed by atoms with Crippen molar-refractivity contribution in [2.75, 3.05) is 7.11 Å². The molecule has 1 N–H and O–H groups in total. The molecule has 0 aromatic heterocycles. The molecule has 0 saturated carbocycles. The monoisotopic (exact) mass is 273 g/mol. The highest BCUT2D eigenvalue weighted by atomic mass is 19.1. The van der Waals surface area contributed by atoms with E-state index >= 15 is 0 Å². The van der Waals surface area contributed by atoms with Crippen LogP contribution in [0.4, 0.5) is 4.39 Å². The lowest BCUT2D eigenvalue weighted by molar-refractivity contribution is 0.414. The molecule has 0 saturated heterocycles. The van der Waals surface area contributed by atoms with Crippen LogP contribution in [0.25, 0.3) is 0 Å². The molecule has 20 heavy (non-hydrogen) atoms. The summed E-state index contributed by atoms with van der Waals surface area (Å²) < 4.78 is 18.3. The van der Waals surface area contributed by atoms with Gasteiger partial charge < -0.3 is 10.1 Å². The molecule has 0 aliphatic heterocycles. The summed E-state index contributed by atoms with van der Waals surface area (Å²) in [7, 11) is 1.66. The van der Waals surface area contributed by atoms with Gasteiger partial charge in [-0.1, -0.05) is 31.2 Å². The average molecular weight is 273 g/mol. The molecule has 1 unspecified atom stereocenters. The van der Waals surface area contributed by atoms with E-state index in [0.29, 0.717) is 6.54 Å². The topological polar surface area (TPSA) is 21.3 Å². The van der Waals surface area contributed by atoms with E-state index in [9.17, 15) is 4.39 Å². The number of benzene rings is 2. The first-order valence-corrected chi connectivity index (χ1v) is 6.84. The Morgan fingerprint density at radius 1 is 1.15 bits per heavy atom. The zero-order valence-electron chi connectivity index (χ0n) is 11.9. The lowest BCUT2D eigenvalue weighted by atomic mass is 10.0. The highest BCUT2D eigenvalue weighted by Gasteiger charge is 2.08. The predicted molar refractivity (Wildman–Crippen MR) is 79.3 cm³/mol. The Labute approximate surface area is 119 Å². The van der Waals surface area contributed by atoms with Crippen LogP contribution in [0.3, 0.4) is 0 Å². The van der Waals surface area contributed by atoms with E-state index in [1.54, 1.807) is 19.2 Å². The van der Waals surface area contributed by atoms with Gasteiger partial charge in [0, 0.05) is 12.6 Å². The van der Waals surface area contributed by atoms with Crippen LogP contribution in [0.2, 0.25) is 0 Å². The van der Waals surface area contributed by atoms with Crippen molar-refractivity contribution in [2.45, 2.75) is 25.9 Å². The maximum atomic E-state index is 13.1. The first-order valence-electron chi connectivity index (χ1n) is 6.84. The highest BCUT2D eigenvalue weighted by molar-refractivity contribution is 5.29. The number of hydrogen-bond donors (Lipinski definition) is 1. The van der Waals surface area contributed by atoms with E-state index in [4.69, 9.17) is 4.74 Å². The van der Waals surface area contributed by atoms with Crippen LogP contribution in [-0.2, 0) is 6.54 Å². The molecule has 1 atom stereocenters. The van der Waals surface area contributed by atoms with Crippen molar-refractivity contribution in [1.29, 1.82) is 0 Å². The number of hydrogen-bond acceptors (Lipinski definition) is 2. The van der Waals surface area contributed by atoms with Crippen LogP contribution in [0, 0.1) is 5.82 Å². The molecular formula is C17H20FNO. The van der Waals surface area contributed by atoms with E-state index in [1.165, 1.54) is 11.6 Å². The summed E-state index contributed by atoms with van der Waals surface area (Å²) in [6, 6.07) is 15.0. The number of halogens is 1. The van der Waals surface area contributed by atoms with Crippen LogP contribution < -0.4 is 10.1 Å². The Morgan fingerprint density at radius 3 is 2.50 bits per heavy atom. The van der Waals surface area contributed by atoms with Gasteiger partial charge in [-0.15, -0.1) is 0 Å². The van der Waals surface area contributed by atoms with E-state index in [1.807, 2.05) is 18.2 Å². The molecule has 0 aliphatic carbocycles. The molecule has 0 spiro atoms. The van der Waals surface area contributed by atoms with Gasteiger partial charge in [0.05, 0.1) is 7.11 Å². The molecule has 0 amide bonds. The van der Waals surface area contributed by atoms with Gasteiger partial charge in [-0.25, -0.2) is 4.39 Å². The van der Waals surface area contributed by atoms with Crippen molar-refractivity contribution in [3.8, 4) is 5.75 Å². The third-order valence-corrected chi connectivity index (χ3v) is 3.37. The van der Waals surface area contributed by atoms with E-state index in [2.05, 4.69) is 24.4 Å². The first-order chi connectivity index (χ1) is 9.72. The standard InChI is InChI=1S/C17H20FNO/c1-3-17(14-7-9-16(20-2)10-8-14)19-12-13-5-4-6-15(18)11-13/h4-11,17,19H,3,12H2,1-2H3. The molecule has 0 fully saturated rings. The molecule has 0 bridgehead atoms. The molecule has 2 rings (SSSR count). The van der Waals surface area contributed by atoms with Crippen molar-refractivity contribution < 1.29 is 9.13 Å². The van der Waals surface area contributed by atoms with Crippen molar-refractivity contribution in [2.24, 2.45) is 0 Å². The summed E-state index contributed by atoms with van der Waals surface area (Å²) in [5, 5.41) is 3.46. The molecule has 0 aliphatic rings. The van der Waals surface area contributed by atoms with Gasteiger partial charge in [0.1, 0.15) is 11.6 Å². The third-order valence-electron chi connectivity index (χ3n) is 3.37. The minimum absolute atomic E-state index is 0.193. The summed E-state index contributed by atoms with van der Waals surface area (Å²) in [5.74, 6) is 0.663. The van der Waals surface area contributed by atoms with Gasteiger partial charge in [-0.3, -0.25) is 0 Å². The molecule has 2 aromatic carbocycles. The van der Waals surface area contributed by atoms with Crippen LogP contribution in [0.15, 0.2) is 48.5 Å². The molecule has 0 radical (unpaired) electrons. The van der Waals surface area contributed by atoms with Crippen molar-refractivity contribution in [3.63, 3.8) is 0 Å². The van der Waals surface area contributed by atoms with Crippen molar-refractivity contribution in [3.05, 3.63) is 65.5 Å². The van der Waals surface area contributed by atoms with Gasteiger partial charge in [-0.2, -0.15) is 0 Å². The first kappa shape index (κ1) is 14.5. The zero-order valence-corrected chi connectivity index (χ0v) is 11.9. The average Bonchev–Trinajstić information content (AvgIpc) is 2.48. The van der Waals surface area contributed by atoms with Crippen molar-refractivity contribution in [1.82, 2.24) is 5.32 Å². The maximum Gasteiger partial charge on any atom is 0.123 e. The number of rotatable bonds is 6. The number of ether oxygens (including phenoxy) is 1. The van der Waals surface area contributed by atoms with Gasteiger partial charge >= 0.3 is 0 Å².